The molecule has 4 rings (SSSR count). The summed E-state index contributed by atoms with van der Waals surface area (Å²) >= 11 is 1.30. The number of ether oxygens (including phenoxy) is 1. The molecule has 0 unspecified atom stereocenters. The predicted octanol–water partition coefficient (Wildman–Crippen LogP) is 2.62. The number of thioether (sulfide) groups is 1. The van der Waals surface area contributed by atoms with Crippen LogP contribution in [0.4, 0.5) is 5.69 Å². The summed E-state index contributed by atoms with van der Waals surface area (Å²) in [6.07, 6.45) is 0. The van der Waals surface area contributed by atoms with E-state index in [1.165, 1.54) is 11.8 Å². The van der Waals surface area contributed by atoms with Crippen LogP contribution >= 0.6 is 11.8 Å². The highest BCUT2D eigenvalue weighted by atomic mass is 32.2. The third-order valence-corrected chi connectivity index (χ3v) is 6.28. The van der Waals surface area contributed by atoms with E-state index in [9.17, 15) is 9.59 Å². The number of imidazole rings is 1. The van der Waals surface area contributed by atoms with Gasteiger partial charge in [0.05, 0.1) is 16.8 Å². The molecular formula is C22H24N6O3S. The number of para-hydroxylation sites is 1. The summed E-state index contributed by atoms with van der Waals surface area (Å²) in [6.45, 7) is 2.28. The molecule has 2 aromatic heterocycles. The van der Waals surface area contributed by atoms with E-state index in [1.54, 1.807) is 35.4 Å². The maximum Gasteiger partial charge on any atom is 0.328 e. The highest BCUT2D eigenvalue weighted by Gasteiger charge is 2.14. The Balaban J connectivity index is 1.36. The number of fused-ring (bicyclic) bond motifs is 1. The fraction of sp³-hybridized carbons (Fsp3) is 0.273. The van der Waals surface area contributed by atoms with Crippen LogP contribution in [-0.2, 0) is 32.5 Å². The van der Waals surface area contributed by atoms with Gasteiger partial charge in [-0.3, -0.25) is 13.9 Å². The molecular weight excluding hydrogens is 428 g/mol. The number of carbonyl (C=O) groups excluding carboxylic acids is 1. The third kappa shape index (κ3) is 4.26. The normalized spacial score (nSPS) is 11.1. The number of benzene rings is 2. The zero-order chi connectivity index (χ0) is 22.8. The van der Waals surface area contributed by atoms with Gasteiger partial charge in [-0.2, -0.15) is 0 Å². The SMILES string of the molecule is Cc1ccccc1OCc1nnc(SCC(=O)Nc2ccc3c(c2)n(C)c(=O)n3C)n1C. The molecule has 4 aromatic rings. The molecule has 0 bridgehead atoms. The van der Waals surface area contributed by atoms with Crippen LogP contribution in [0.5, 0.6) is 5.75 Å². The van der Waals surface area contributed by atoms with Crippen molar-refractivity contribution in [3.8, 4) is 5.75 Å². The quantitative estimate of drug-likeness (QED) is 0.433. The van der Waals surface area contributed by atoms with Gasteiger partial charge in [0.15, 0.2) is 11.0 Å². The fourth-order valence-corrected chi connectivity index (χ4v) is 4.10. The monoisotopic (exact) mass is 452 g/mol. The molecule has 0 saturated carbocycles. The Hall–Kier alpha value is -3.53. The number of carbonyl (C=O) groups is 1. The van der Waals surface area contributed by atoms with Crippen molar-refractivity contribution in [2.24, 2.45) is 21.1 Å². The van der Waals surface area contributed by atoms with Crippen LogP contribution in [0.3, 0.4) is 0 Å². The summed E-state index contributed by atoms with van der Waals surface area (Å²) in [5.41, 5.74) is 3.15. The van der Waals surface area contributed by atoms with Crippen molar-refractivity contribution < 1.29 is 9.53 Å². The summed E-state index contributed by atoms with van der Waals surface area (Å²) in [5, 5.41) is 11.8. The lowest BCUT2D eigenvalue weighted by atomic mass is 10.2. The molecule has 2 heterocycles. The first kappa shape index (κ1) is 21.7. The molecule has 2 aromatic carbocycles. The smallest absolute Gasteiger partial charge is 0.328 e. The Morgan fingerprint density at radius 2 is 1.78 bits per heavy atom. The van der Waals surface area contributed by atoms with Gasteiger partial charge in [-0.05, 0) is 36.8 Å². The molecule has 1 amide bonds. The average molecular weight is 453 g/mol. The van der Waals surface area contributed by atoms with Crippen molar-refractivity contribution in [2.75, 3.05) is 11.1 Å². The number of anilines is 1. The molecule has 10 heteroatoms. The van der Waals surface area contributed by atoms with Crippen LogP contribution in [0, 0.1) is 6.92 Å². The second-order valence-corrected chi connectivity index (χ2v) is 8.40. The first-order valence-corrected chi connectivity index (χ1v) is 11.0. The van der Waals surface area contributed by atoms with E-state index < -0.39 is 0 Å². The van der Waals surface area contributed by atoms with Crippen molar-refractivity contribution in [1.82, 2.24) is 23.9 Å². The van der Waals surface area contributed by atoms with E-state index in [0.29, 0.717) is 16.7 Å². The lowest BCUT2D eigenvalue weighted by Crippen LogP contribution is -2.19. The molecule has 0 aliphatic heterocycles. The second-order valence-electron chi connectivity index (χ2n) is 7.45. The van der Waals surface area contributed by atoms with Gasteiger partial charge in [0.2, 0.25) is 5.91 Å². The molecule has 0 aliphatic rings. The molecule has 0 atom stereocenters. The average Bonchev–Trinajstić information content (AvgIpc) is 3.24. The minimum absolute atomic E-state index is 0.108. The minimum Gasteiger partial charge on any atom is -0.485 e. The van der Waals surface area contributed by atoms with Crippen molar-refractivity contribution >= 4 is 34.4 Å². The molecule has 166 valence electrons. The Morgan fingerprint density at radius 3 is 2.56 bits per heavy atom. The van der Waals surface area contributed by atoms with Gasteiger partial charge < -0.3 is 14.6 Å². The van der Waals surface area contributed by atoms with Crippen molar-refractivity contribution in [3.05, 3.63) is 64.3 Å². The summed E-state index contributed by atoms with van der Waals surface area (Å²) < 4.78 is 10.8. The Morgan fingerprint density at radius 1 is 1.03 bits per heavy atom. The van der Waals surface area contributed by atoms with Gasteiger partial charge in [0, 0.05) is 26.8 Å². The van der Waals surface area contributed by atoms with E-state index in [-0.39, 0.29) is 24.0 Å². The highest BCUT2D eigenvalue weighted by molar-refractivity contribution is 7.99. The van der Waals surface area contributed by atoms with E-state index in [2.05, 4.69) is 15.5 Å². The van der Waals surface area contributed by atoms with Gasteiger partial charge in [-0.1, -0.05) is 30.0 Å². The summed E-state index contributed by atoms with van der Waals surface area (Å²) in [6, 6.07) is 13.2. The van der Waals surface area contributed by atoms with Crippen molar-refractivity contribution in [1.29, 1.82) is 0 Å². The molecule has 0 aliphatic carbocycles. The van der Waals surface area contributed by atoms with Gasteiger partial charge in [-0.15, -0.1) is 10.2 Å². The second kappa shape index (κ2) is 8.91. The molecule has 0 fully saturated rings. The first-order chi connectivity index (χ1) is 15.3. The Bertz CT molecular complexity index is 1350. The van der Waals surface area contributed by atoms with Crippen LogP contribution in [0.25, 0.3) is 11.0 Å². The van der Waals surface area contributed by atoms with Crippen LogP contribution in [0.2, 0.25) is 0 Å². The number of nitrogens with one attached hydrogen (secondary N) is 1. The van der Waals surface area contributed by atoms with Gasteiger partial charge >= 0.3 is 5.69 Å². The zero-order valence-electron chi connectivity index (χ0n) is 18.3. The molecule has 0 saturated heterocycles. The standard InChI is InChI=1S/C22H24N6O3S/c1-14-7-5-6-8-18(14)31-12-19-24-25-21(28(19)4)32-13-20(29)23-15-9-10-16-17(11-15)27(3)22(30)26(16)2/h5-11H,12-13H2,1-4H3,(H,23,29). The number of nitrogens with zero attached hydrogens (tertiary/aromatic N) is 5. The molecule has 0 radical (unpaired) electrons. The lowest BCUT2D eigenvalue weighted by Gasteiger charge is -2.09. The largest absolute Gasteiger partial charge is 0.485 e. The van der Waals surface area contributed by atoms with E-state index >= 15 is 0 Å². The summed E-state index contributed by atoms with van der Waals surface area (Å²) in [7, 11) is 5.28. The van der Waals surface area contributed by atoms with Gasteiger partial charge in [0.25, 0.3) is 0 Å². The number of aromatic nitrogens is 5. The first-order valence-electron chi connectivity index (χ1n) is 10.00. The van der Waals surface area contributed by atoms with E-state index in [1.807, 2.05) is 48.9 Å². The number of rotatable bonds is 7. The Labute approximate surface area is 189 Å². The maximum absolute atomic E-state index is 12.5. The minimum atomic E-state index is -0.170. The van der Waals surface area contributed by atoms with Gasteiger partial charge in [-0.25, -0.2) is 4.79 Å². The summed E-state index contributed by atoms with van der Waals surface area (Å²) in [5.74, 6) is 1.48. The van der Waals surface area contributed by atoms with Gasteiger partial charge in [0.1, 0.15) is 12.4 Å². The molecule has 0 spiro atoms. The number of aryl methyl sites for hydroxylation is 3. The third-order valence-electron chi connectivity index (χ3n) is 5.26. The van der Waals surface area contributed by atoms with Crippen LogP contribution in [-0.4, -0.2) is 35.6 Å². The predicted molar refractivity (Wildman–Crippen MR) is 124 cm³/mol. The van der Waals surface area contributed by atoms with Crippen molar-refractivity contribution in [3.63, 3.8) is 0 Å². The van der Waals surface area contributed by atoms with Crippen LogP contribution in [0.1, 0.15) is 11.4 Å². The molecule has 1 N–H and O–H groups in total. The molecule has 9 nitrogen and oxygen atoms in total. The van der Waals surface area contributed by atoms with Crippen molar-refractivity contribution in [2.45, 2.75) is 18.7 Å². The van der Waals surface area contributed by atoms with E-state index in [0.717, 1.165) is 22.3 Å². The number of hydrogen-bond donors (Lipinski definition) is 1. The highest BCUT2D eigenvalue weighted by Crippen LogP contribution is 2.21. The number of amides is 1. The Kier molecular flexibility index (Phi) is 6.04. The zero-order valence-corrected chi connectivity index (χ0v) is 19.1. The maximum atomic E-state index is 12.5. The fourth-order valence-electron chi connectivity index (χ4n) is 3.37. The summed E-state index contributed by atoms with van der Waals surface area (Å²) in [4.78, 5) is 24.5. The number of hydrogen-bond acceptors (Lipinski definition) is 6. The van der Waals surface area contributed by atoms with Crippen LogP contribution < -0.4 is 15.7 Å². The lowest BCUT2D eigenvalue weighted by molar-refractivity contribution is -0.113. The molecule has 32 heavy (non-hydrogen) atoms. The van der Waals surface area contributed by atoms with E-state index in [4.69, 9.17) is 4.74 Å². The topological polar surface area (TPSA) is 96.0 Å². The van der Waals surface area contributed by atoms with Crippen LogP contribution in [0.15, 0.2) is 52.4 Å².